The van der Waals surface area contributed by atoms with Crippen LogP contribution in [0.4, 0.5) is 0 Å². The van der Waals surface area contributed by atoms with Crippen molar-refractivity contribution in [2.24, 2.45) is 0 Å². The molecule has 17 atom stereocenters. The van der Waals surface area contributed by atoms with Crippen LogP contribution in [0.15, 0.2) is 72.9 Å². The Morgan fingerprint density at radius 3 is 1.02 bits per heavy atom. The van der Waals surface area contributed by atoms with Crippen molar-refractivity contribution in [3.8, 4) is 0 Å². The number of rotatable bonds is 69. The van der Waals surface area contributed by atoms with Gasteiger partial charge in [0.1, 0.15) is 73.2 Å². The molecular weight excluding hydrogens is 1350 g/mol. The molecule has 0 spiro atoms. The highest BCUT2D eigenvalue weighted by Gasteiger charge is 2.54. The number of ether oxygens (including phenoxy) is 6. The molecule has 618 valence electrons. The van der Waals surface area contributed by atoms with Crippen molar-refractivity contribution in [3.63, 3.8) is 0 Å². The van der Waals surface area contributed by atoms with E-state index in [1.807, 2.05) is 0 Å². The van der Waals surface area contributed by atoms with E-state index in [0.29, 0.717) is 12.8 Å². The molecular formula is C87H157NO18. The third-order valence-electron chi connectivity index (χ3n) is 21.3. The lowest BCUT2D eigenvalue weighted by Gasteiger charge is -2.48. The summed E-state index contributed by atoms with van der Waals surface area (Å²) in [4.78, 5) is 13.5. The summed E-state index contributed by atoms with van der Waals surface area (Å²) in [7, 11) is 0. The molecule has 0 aromatic carbocycles. The smallest absolute Gasteiger partial charge is 0.220 e. The summed E-state index contributed by atoms with van der Waals surface area (Å²) >= 11 is 0. The minimum Gasteiger partial charge on any atom is -0.394 e. The van der Waals surface area contributed by atoms with Crippen molar-refractivity contribution in [2.45, 2.75) is 446 Å². The predicted molar refractivity (Wildman–Crippen MR) is 425 cm³/mol. The second-order valence-electron chi connectivity index (χ2n) is 30.6. The molecule has 19 heteroatoms. The summed E-state index contributed by atoms with van der Waals surface area (Å²) in [6, 6.07) is -0.894. The second-order valence-corrected chi connectivity index (χ2v) is 30.6. The van der Waals surface area contributed by atoms with Gasteiger partial charge in [-0.3, -0.25) is 4.79 Å². The molecule has 19 nitrogen and oxygen atoms in total. The number of carbonyl (C=O) groups is 1. The number of aliphatic hydroxyl groups excluding tert-OH is 11. The number of carbonyl (C=O) groups excluding carboxylic acids is 1. The van der Waals surface area contributed by atoms with Gasteiger partial charge < -0.3 is 89.9 Å². The Labute approximate surface area is 642 Å². The Morgan fingerprint density at radius 2 is 0.651 bits per heavy atom. The third-order valence-corrected chi connectivity index (χ3v) is 21.3. The number of hydrogen-bond donors (Lipinski definition) is 12. The van der Waals surface area contributed by atoms with Gasteiger partial charge in [-0.25, -0.2) is 0 Å². The Balaban J connectivity index is 1.35. The van der Waals surface area contributed by atoms with Gasteiger partial charge in [-0.05, 0) is 64.2 Å². The second kappa shape index (κ2) is 66.8. The lowest BCUT2D eigenvalue weighted by atomic mass is 9.96. The summed E-state index contributed by atoms with van der Waals surface area (Å²) < 4.78 is 34.6. The SMILES string of the molecule is CC/C=C\C/C=C\C/C=C\C/C=C\C/C=C\C/C=C\CCCCCCCCCCCCCCC(=O)NC(COC1OC(CO)C(OC2OC(CO)C(OC3OC(CO)C(O)C(O)C3O)C(O)C2O)C(O)C1O)C(O)CCCCCCCCCCCCCCCCCCCCCCCCCCCCCCCC. The van der Waals surface area contributed by atoms with Crippen LogP contribution in [-0.2, 0) is 33.2 Å². The van der Waals surface area contributed by atoms with E-state index in [4.69, 9.17) is 28.4 Å². The van der Waals surface area contributed by atoms with Crippen LogP contribution in [0.2, 0.25) is 0 Å². The largest absolute Gasteiger partial charge is 0.394 e. The van der Waals surface area contributed by atoms with Crippen LogP contribution in [0.5, 0.6) is 0 Å². The van der Waals surface area contributed by atoms with Crippen LogP contribution < -0.4 is 5.32 Å². The highest BCUT2D eigenvalue weighted by molar-refractivity contribution is 5.76. The summed E-state index contributed by atoms with van der Waals surface area (Å²) in [5.41, 5.74) is 0. The van der Waals surface area contributed by atoms with Crippen LogP contribution in [0.3, 0.4) is 0 Å². The van der Waals surface area contributed by atoms with Crippen molar-refractivity contribution in [1.29, 1.82) is 0 Å². The van der Waals surface area contributed by atoms with Crippen molar-refractivity contribution in [3.05, 3.63) is 72.9 Å². The topological polar surface area (TPSA) is 307 Å². The quantitative estimate of drug-likeness (QED) is 0.0199. The number of aliphatic hydroxyl groups is 11. The van der Waals surface area contributed by atoms with E-state index in [0.717, 1.165) is 89.9 Å². The van der Waals surface area contributed by atoms with Crippen molar-refractivity contribution >= 4 is 5.91 Å². The molecule has 0 radical (unpaired) electrons. The van der Waals surface area contributed by atoms with Gasteiger partial charge in [0.2, 0.25) is 5.91 Å². The van der Waals surface area contributed by atoms with Crippen LogP contribution >= 0.6 is 0 Å². The monoisotopic (exact) mass is 1500 g/mol. The fourth-order valence-electron chi connectivity index (χ4n) is 14.4. The maximum Gasteiger partial charge on any atom is 0.220 e. The van der Waals surface area contributed by atoms with E-state index in [9.17, 15) is 61.0 Å². The van der Waals surface area contributed by atoms with E-state index in [2.05, 4.69) is 92.1 Å². The van der Waals surface area contributed by atoms with Gasteiger partial charge >= 0.3 is 0 Å². The molecule has 0 saturated carbocycles. The molecule has 0 aromatic rings. The molecule has 3 saturated heterocycles. The van der Waals surface area contributed by atoms with E-state index in [1.165, 1.54) is 218 Å². The minimum atomic E-state index is -1.98. The lowest BCUT2D eigenvalue weighted by molar-refractivity contribution is -0.379. The zero-order valence-electron chi connectivity index (χ0n) is 66.4. The summed E-state index contributed by atoms with van der Waals surface area (Å²) in [6.45, 7) is 1.73. The molecule has 0 aromatic heterocycles. The normalized spacial score (nSPS) is 26.0. The summed E-state index contributed by atoms with van der Waals surface area (Å²) in [5, 5.41) is 121. The standard InChI is InChI=1S/C87H157NO18/c1-3-5-7-9-11-13-15-17-19-21-23-25-27-29-31-33-35-37-39-41-43-45-47-49-51-53-55-57-59-61-63-65-75(93)88-70(71(92)64-62-60-58-56-54-52-50-48-46-44-42-40-38-36-34-32-30-28-26-24-22-20-18-16-14-12-10-8-6-4-2)69-101-85-81(99)78(96)83(73(67-90)103-85)106-87-82(100)79(97)84(74(68-91)104-87)105-86-80(98)77(95)76(94)72(66-89)102-86/h5,7,11,13,17,19,23,25,29,31,35,37,70-74,76-87,89-92,94-100H,3-4,6,8-10,12,14-16,18,20-22,24,26-28,30,32-34,36,38-69H2,1-2H3,(H,88,93)/b7-5-,13-11-,19-17-,25-23-,31-29-,37-35-. The van der Waals surface area contributed by atoms with Crippen LogP contribution in [-0.4, -0.2) is 193 Å². The molecule has 12 N–H and O–H groups in total. The van der Waals surface area contributed by atoms with Crippen molar-refractivity contribution in [1.82, 2.24) is 5.32 Å². The van der Waals surface area contributed by atoms with Gasteiger partial charge in [-0.1, -0.05) is 344 Å². The molecule has 0 bridgehead atoms. The maximum absolute atomic E-state index is 13.5. The van der Waals surface area contributed by atoms with Crippen molar-refractivity contribution in [2.75, 3.05) is 26.4 Å². The summed E-state index contributed by atoms with van der Waals surface area (Å²) in [6.07, 6.45) is 61.3. The highest BCUT2D eigenvalue weighted by atomic mass is 16.8. The zero-order valence-corrected chi connectivity index (χ0v) is 66.4. The Hall–Kier alpha value is -2.77. The van der Waals surface area contributed by atoms with E-state index in [-0.39, 0.29) is 18.9 Å². The first-order chi connectivity index (χ1) is 51.8. The molecule has 3 aliphatic rings. The summed E-state index contributed by atoms with van der Waals surface area (Å²) in [5.74, 6) is -0.243. The molecule has 3 heterocycles. The average Bonchev–Trinajstić information content (AvgIpc) is 0.780. The Bertz CT molecular complexity index is 2190. The first kappa shape index (κ1) is 97.4. The van der Waals surface area contributed by atoms with Crippen LogP contribution in [0, 0.1) is 0 Å². The number of hydrogen-bond acceptors (Lipinski definition) is 18. The highest BCUT2D eigenvalue weighted by Crippen LogP contribution is 2.33. The number of amides is 1. The van der Waals surface area contributed by atoms with Gasteiger partial charge in [0.25, 0.3) is 0 Å². The average molecular weight is 1510 g/mol. The Morgan fingerprint density at radius 1 is 0.349 bits per heavy atom. The third kappa shape index (κ3) is 45.7. The van der Waals surface area contributed by atoms with Gasteiger partial charge in [0.05, 0.1) is 38.6 Å². The molecule has 0 aliphatic carbocycles. The van der Waals surface area contributed by atoms with E-state index >= 15 is 0 Å². The molecule has 3 rings (SSSR count). The van der Waals surface area contributed by atoms with E-state index < -0.39 is 124 Å². The molecule has 3 aliphatic heterocycles. The van der Waals surface area contributed by atoms with Gasteiger partial charge in [-0.15, -0.1) is 0 Å². The van der Waals surface area contributed by atoms with Crippen molar-refractivity contribution < 1.29 is 89.4 Å². The van der Waals surface area contributed by atoms with Gasteiger partial charge in [-0.2, -0.15) is 0 Å². The fraction of sp³-hybridized carbons (Fsp3) is 0.851. The fourth-order valence-corrected chi connectivity index (χ4v) is 14.4. The zero-order chi connectivity index (χ0) is 76.7. The lowest BCUT2D eigenvalue weighted by Crippen LogP contribution is -2.66. The first-order valence-corrected chi connectivity index (χ1v) is 43.2. The number of nitrogens with one attached hydrogen (secondary N) is 1. The predicted octanol–water partition coefficient (Wildman–Crippen LogP) is 15.6. The van der Waals surface area contributed by atoms with Gasteiger partial charge in [0.15, 0.2) is 18.9 Å². The van der Waals surface area contributed by atoms with Crippen LogP contribution in [0.1, 0.15) is 341 Å². The van der Waals surface area contributed by atoms with Crippen LogP contribution in [0.25, 0.3) is 0 Å². The maximum atomic E-state index is 13.5. The first-order valence-electron chi connectivity index (χ1n) is 43.2. The van der Waals surface area contributed by atoms with E-state index in [1.54, 1.807) is 0 Å². The molecule has 17 unspecified atom stereocenters. The Kier molecular flexibility index (Phi) is 61.4. The number of unbranched alkanes of at least 4 members (excludes halogenated alkanes) is 41. The minimum absolute atomic E-state index is 0.243. The molecule has 106 heavy (non-hydrogen) atoms. The molecule has 3 fully saturated rings. The molecule has 1 amide bonds. The van der Waals surface area contributed by atoms with Gasteiger partial charge in [0, 0.05) is 6.42 Å². The number of allylic oxidation sites excluding steroid dienone is 12.